The maximum Gasteiger partial charge on any atom is 0.227 e. The SMILES string of the molecule is O=C1CC(c2nc3ccccc3n2CCCCOc2ccc(Cl)cc2)CN1c1cccc(Br)c1. The summed E-state index contributed by atoms with van der Waals surface area (Å²) < 4.78 is 9.10. The molecular weight excluding hydrogens is 514 g/mol. The summed E-state index contributed by atoms with van der Waals surface area (Å²) in [4.78, 5) is 19.7. The third kappa shape index (κ3) is 4.98. The summed E-state index contributed by atoms with van der Waals surface area (Å²) in [5, 5.41) is 0.704. The summed E-state index contributed by atoms with van der Waals surface area (Å²) in [5.74, 6) is 2.02. The van der Waals surface area contributed by atoms with Gasteiger partial charge in [-0.1, -0.05) is 45.7 Å². The lowest BCUT2D eigenvalue weighted by Crippen LogP contribution is -2.24. The van der Waals surface area contributed by atoms with Gasteiger partial charge in [-0.05, 0) is 67.4 Å². The maximum absolute atomic E-state index is 12.9. The summed E-state index contributed by atoms with van der Waals surface area (Å²) in [6, 6.07) is 23.6. The van der Waals surface area contributed by atoms with Crippen molar-refractivity contribution in [2.24, 2.45) is 0 Å². The highest BCUT2D eigenvalue weighted by Crippen LogP contribution is 2.34. The molecule has 1 unspecified atom stereocenters. The highest BCUT2D eigenvalue weighted by Gasteiger charge is 2.34. The Bertz CT molecular complexity index is 1300. The lowest BCUT2D eigenvalue weighted by Gasteiger charge is -2.18. The van der Waals surface area contributed by atoms with E-state index in [9.17, 15) is 4.79 Å². The summed E-state index contributed by atoms with van der Waals surface area (Å²) in [6.07, 6.45) is 2.34. The van der Waals surface area contributed by atoms with Crippen LogP contribution in [-0.4, -0.2) is 28.6 Å². The second kappa shape index (κ2) is 10.2. The Hall–Kier alpha value is -2.83. The van der Waals surface area contributed by atoms with Gasteiger partial charge in [-0.25, -0.2) is 4.98 Å². The van der Waals surface area contributed by atoms with Crippen LogP contribution in [-0.2, 0) is 11.3 Å². The number of unbranched alkanes of at least 4 members (excludes halogenated alkanes) is 1. The third-order valence-corrected chi connectivity index (χ3v) is 6.90. The van der Waals surface area contributed by atoms with E-state index < -0.39 is 0 Å². The second-order valence-corrected chi connectivity index (χ2v) is 9.86. The molecule has 0 N–H and O–H groups in total. The summed E-state index contributed by atoms with van der Waals surface area (Å²) in [7, 11) is 0. The van der Waals surface area contributed by atoms with E-state index in [4.69, 9.17) is 21.3 Å². The molecule has 7 heteroatoms. The number of hydrogen-bond donors (Lipinski definition) is 0. The first-order valence-electron chi connectivity index (χ1n) is 11.5. The number of ether oxygens (including phenoxy) is 1. The topological polar surface area (TPSA) is 47.4 Å². The Balaban J connectivity index is 1.29. The maximum atomic E-state index is 12.9. The Morgan fingerprint density at radius 3 is 2.68 bits per heavy atom. The fourth-order valence-electron chi connectivity index (χ4n) is 4.51. The highest BCUT2D eigenvalue weighted by atomic mass is 79.9. The molecule has 2 heterocycles. The second-order valence-electron chi connectivity index (χ2n) is 8.51. The molecule has 1 aliphatic rings. The Morgan fingerprint density at radius 1 is 1.03 bits per heavy atom. The molecule has 0 radical (unpaired) electrons. The van der Waals surface area contributed by atoms with Gasteiger partial charge in [0.1, 0.15) is 11.6 Å². The van der Waals surface area contributed by atoms with E-state index in [1.165, 1.54) is 0 Å². The van der Waals surface area contributed by atoms with E-state index in [2.05, 4.69) is 26.6 Å². The van der Waals surface area contributed by atoms with Crippen molar-refractivity contribution < 1.29 is 9.53 Å². The van der Waals surface area contributed by atoms with Gasteiger partial charge in [0.05, 0.1) is 17.6 Å². The van der Waals surface area contributed by atoms with Crippen molar-refractivity contribution in [2.45, 2.75) is 31.7 Å². The van der Waals surface area contributed by atoms with Gasteiger partial charge in [-0.3, -0.25) is 4.79 Å². The zero-order valence-electron chi connectivity index (χ0n) is 18.7. The standard InChI is InChI=1S/C27H25BrClN3O2/c28-20-6-5-7-22(17-20)32-18-19(16-26(32)33)27-30-24-8-1-2-9-25(24)31(27)14-3-4-15-34-23-12-10-21(29)11-13-23/h1-2,5-13,17,19H,3-4,14-16,18H2. The average Bonchev–Trinajstić information content (AvgIpc) is 3.40. The van der Waals surface area contributed by atoms with Crippen LogP contribution >= 0.6 is 27.5 Å². The quantitative estimate of drug-likeness (QED) is 0.231. The monoisotopic (exact) mass is 537 g/mol. The molecule has 0 spiro atoms. The minimum Gasteiger partial charge on any atom is -0.494 e. The van der Waals surface area contributed by atoms with Crippen LogP contribution in [0.25, 0.3) is 11.0 Å². The largest absolute Gasteiger partial charge is 0.494 e. The van der Waals surface area contributed by atoms with Gasteiger partial charge in [0.15, 0.2) is 0 Å². The van der Waals surface area contributed by atoms with Crippen molar-refractivity contribution in [3.05, 3.63) is 88.1 Å². The fourth-order valence-corrected chi connectivity index (χ4v) is 5.02. The average molecular weight is 539 g/mol. The van der Waals surface area contributed by atoms with Crippen molar-refractivity contribution >= 4 is 50.2 Å². The lowest BCUT2D eigenvalue weighted by molar-refractivity contribution is -0.117. The van der Waals surface area contributed by atoms with Crippen molar-refractivity contribution in [1.82, 2.24) is 9.55 Å². The van der Waals surface area contributed by atoms with Crippen LogP contribution in [0.5, 0.6) is 5.75 Å². The van der Waals surface area contributed by atoms with Crippen LogP contribution in [0.3, 0.4) is 0 Å². The van der Waals surface area contributed by atoms with Crippen LogP contribution < -0.4 is 9.64 Å². The number of rotatable bonds is 8. The van der Waals surface area contributed by atoms with E-state index in [0.717, 1.165) is 52.2 Å². The van der Waals surface area contributed by atoms with Gasteiger partial charge >= 0.3 is 0 Å². The minimum atomic E-state index is 0.0594. The molecule has 34 heavy (non-hydrogen) atoms. The molecule has 1 fully saturated rings. The van der Waals surface area contributed by atoms with Gasteiger partial charge in [0.2, 0.25) is 5.91 Å². The predicted molar refractivity (Wildman–Crippen MR) is 140 cm³/mol. The smallest absolute Gasteiger partial charge is 0.227 e. The fraction of sp³-hybridized carbons (Fsp3) is 0.259. The van der Waals surface area contributed by atoms with E-state index in [0.29, 0.717) is 24.6 Å². The molecule has 0 aliphatic carbocycles. The number of amides is 1. The molecule has 1 amide bonds. The number of aryl methyl sites for hydroxylation is 1. The van der Waals surface area contributed by atoms with Crippen LogP contribution in [0.4, 0.5) is 5.69 Å². The normalized spacial score (nSPS) is 15.9. The van der Waals surface area contributed by atoms with Gasteiger partial charge in [-0.15, -0.1) is 0 Å². The van der Waals surface area contributed by atoms with Crippen molar-refractivity contribution in [2.75, 3.05) is 18.1 Å². The number of carbonyl (C=O) groups excluding carboxylic acids is 1. The molecule has 3 aromatic carbocycles. The van der Waals surface area contributed by atoms with E-state index >= 15 is 0 Å². The number of halogens is 2. The first-order valence-corrected chi connectivity index (χ1v) is 12.6. The Labute approximate surface area is 212 Å². The van der Waals surface area contributed by atoms with E-state index in [1.54, 1.807) is 0 Å². The minimum absolute atomic E-state index is 0.0594. The number of fused-ring (bicyclic) bond motifs is 1. The van der Waals surface area contributed by atoms with Gasteiger partial charge < -0.3 is 14.2 Å². The van der Waals surface area contributed by atoms with Crippen molar-refractivity contribution in [1.29, 1.82) is 0 Å². The Morgan fingerprint density at radius 2 is 1.85 bits per heavy atom. The zero-order chi connectivity index (χ0) is 23.5. The highest BCUT2D eigenvalue weighted by molar-refractivity contribution is 9.10. The molecule has 1 saturated heterocycles. The number of imidazole rings is 1. The Kier molecular flexibility index (Phi) is 6.88. The number of carbonyl (C=O) groups is 1. The van der Waals surface area contributed by atoms with Crippen molar-refractivity contribution in [3.8, 4) is 5.75 Å². The molecular formula is C27H25BrClN3O2. The number of hydrogen-bond acceptors (Lipinski definition) is 3. The summed E-state index contributed by atoms with van der Waals surface area (Å²) in [5.41, 5.74) is 3.01. The molecule has 1 atom stereocenters. The molecule has 0 saturated carbocycles. The van der Waals surface area contributed by atoms with Crippen LogP contribution in [0.15, 0.2) is 77.3 Å². The summed E-state index contributed by atoms with van der Waals surface area (Å²) in [6.45, 7) is 2.11. The van der Waals surface area contributed by atoms with Gasteiger partial charge in [0, 0.05) is 40.6 Å². The van der Waals surface area contributed by atoms with Gasteiger partial charge in [0.25, 0.3) is 0 Å². The third-order valence-electron chi connectivity index (χ3n) is 6.15. The lowest BCUT2D eigenvalue weighted by atomic mass is 10.1. The number of anilines is 1. The van der Waals surface area contributed by atoms with E-state index in [-0.39, 0.29) is 11.8 Å². The molecule has 5 nitrogen and oxygen atoms in total. The predicted octanol–water partition coefficient (Wildman–Crippen LogP) is 6.83. The molecule has 1 aromatic heterocycles. The van der Waals surface area contributed by atoms with Crippen LogP contribution in [0.1, 0.15) is 31.0 Å². The van der Waals surface area contributed by atoms with Gasteiger partial charge in [-0.2, -0.15) is 0 Å². The zero-order valence-corrected chi connectivity index (χ0v) is 21.0. The van der Waals surface area contributed by atoms with Crippen LogP contribution in [0, 0.1) is 0 Å². The molecule has 4 aromatic rings. The number of benzene rings is 3. The molecule has 174 valence electrons. The molecule has 5 rings (SSSR count). The molecule has 0 bridgehead atoms. The number of nitrogens with zero attached hydrogens (tertiary/aromatic N) is 3. The molecule has 1 aliphatic heterocycles. The van der Waals surface area contributed by atoms with Crippen molar-refractivity contribution in [3.63, 3.8) is 0 Å². The number of aromatic nitrogens is 2. The first-order chi connectivity index (χ1) is 16.6. The summed E-state index contributed by atoms with van der Waals surface area (Å²) >= 11 is 9.45. The first kappa shape index (κ1) is 22.9. The number of para-hydroxylation sites is 2. The van der Waals surface area contributed by atoms with E-state index in [1.807, 2.05) is 71.6 Å². The van der Waals surface area contributed by atoms with Crippen LogP contribution in [0.2, 0.25) is 5.02 Å².